The molecule has 0 bridgehead atoms. The Morgan fingerprint density at radius 3 is 2.72 bits per heavy atom. The summed E-state index contributed by atoms with van der Waals surface area (Å²) in [6, 6.07) is 10.0. The molecule has 0 radical (unpaired) electrons. The number of anilines is 1. The van der Waals surface area contributed by atoms with E-state index in [0.29, 0.717) is 12.1 Å². The summed E-state index contributed by atoms with van der Waals surface area (Å²) in [6.07, 6.45) is 3.98. The average molecular weight is 336 g/mol. The topological polar surface area (TPSA) is 58.4 Å². The molecule has 0 saturated heterocycles. The molecule has 0 aliphatic rings. The van der Waals surface area contributed by atoms with Crippen molar-refractivity contribution in [3.8, 4) is 0 Å². The Hall–Kier alpha value is -2.82. The molecule has 5 nitrogen and oxygen atoms in total. The lowest BCUT2D eigenvalue weighted by Crippen LogP contribution is -2.30. The number of nitrogens with one attached hydrogen (secondary N) is 2. The monoisotopic (exact) mass is 336 g/mol. The van der Waals surface area contributed by atoms with Gasteiger partial charge in [-0.15, -0.1) is 0 Å². The lowest BCUT2D eigenvalue weighted by Gasteiger charge is -2.12. The van der Waals surface area contributed by atoms with E-state index in [1.165, 1.54) is 5.56 Å². The highest BCUT2D eigenvalue weighted by Crippen LogP contribution is 2.17. The molecule has 0 saturated carbocycles. The molecule has 2 N–H and O–H groups in total. The van der Waals surface area contributed by atoms with Gasteiger partial charge in [-0.05, 0) is 63.1 Å². The van der Waals surface area contributed by atoms with E-state index in [0.717, 1.165) is 22.6 Å². The molecule has 0 fully saturated rings. The second kappa shape index (κ2) is 6.97. The molecule has 5 heteroatoms. The van der Waals surface area contributed by atoms with Gasteiger partial charge in [-0.3, -0.25) is 4.79 Å². The molecule has 25 heavy (non-hydrogen) atoms. The third-order valence-electron chi connectivity index (χ3n) is 4.09. The fourth-order valence-electron chi connectivity index (χ4n) is 2.83. The summed E-state index contributed by atoms with van der Waals surface area (Å²) >= 11 is 0. The third-order valence-corrected chi connectivity index (χ3v) is 4.09. The molecule has 0 unspecified atom stereocenters. The van der Waals surface area contributed by atoms with Gasteiger partial charge in [0.25, 0.3) is 5.91 Å². The highest BCUT2D eigenvalue weighted by atomic mass is 16.1. The zero-order valence-corrected chi connectivity index (χ0v) is 15.1. The smallest absolute Gasteiger partial charge is 0.251 e. The Balaban J connectivity index is 1.74. The first-order valence-electron chi connectivity index (χ1n) is 8.52. The van der Waals surface area contributed by atoms with Crippen LogP contribution in [0.3, 0.4) is 0 Å². The average Bonchev–Trinajstić information content (AvgIpc) is 2.94. The van der Waals surface area contributed by atoms with Gasteiger partial charge in [-0.2, -0.15) is 0 Å². The van der Waals surface area contributed by atoms with Crippen molar-refractivity contribution >= 4 is 17.2 Å². The molecule has 1 amide bonds. The van der Waals surface area contributed by atoms with Crippen LogP contribution >= 0.6 is 0 Å². The largest absolute Gasteiger partial charge is 0.379 e. The summed E-state index contributed by atoms with van der Waals surface area (Å²) < 4.78 is 2.10. The third kappa shape index (κ3) is 3.82. The highest BCUT2D eigenvalue weighted by molar-refractivity contribution is 5.96. The molecular formula is C20H24N4O. The zero-order valence-electron chi connectivity index (χ0n) is 15.1. The van der Waals surface area contributed by atoms with Crippen LogP contribution in [0.25, 0.3) is 5.65 Å². The Morgan fingerprint density at radius 2 is 2.00 bits per heavy atom. The van der Waals surface area contributed by atoms with Gasteiger partial charge in [-0.25, -0.2) is 4.98 Å². The SMILES string of the molecule is Cc1ccc2ncc(CNc3ccc(C(=O)NC(C)C)c(C)c3)n2c1. The normalized spacial score (nSPS) is 11.1. The number of rotatable bonds is 5. The number of fused-ring (bicyclic) bond motifs is 1. The van der Waals surface area contributed by atoms with Crippen molar-refractivity contribution in [2.75, 3.05) is 5.32 Å². The van der Waals surface area contributed by atoms with Gasteiger partial charge in [-0.1, -0.05) is 6.07 Å². The summed E-state index contributed by atoms with van der Waals surface area (Å²) in [5.74, 6) is -0.0312. The first-order chi connectivity index (χ1) is 11.9. The molecule has 130 valence electrons. The van der Waals surface area contributed by atoms with Crippen LogP contribution in [0.4, 0.5) is 5.69 Å². The van der Waals surface area contributed by atoms with Crippen LogP contribution < -0.4 is 10.6 Å². The van der Waals surface area contributed by atoms with E-state index in [2.05, 4.69) is 39.2 Å². The first-order valence-corrected chi connectivity index (χ1v) is 8.52. The van der Waals surface area contributed by atoms with Crippen LogP contribution in [-0.2, 0) is 6.54 Å². The Bertz CT molecular complexity index is 911. The second-order valence-electron chi connectivity index (χ2n) is 6.70. The second-order valence-corrected chi connectivity index (χ2v) is 6.70. The number of benzene rings is 1. The predicted molar refractivity (Wildman–Crippen MR) is 101 cm³/mol. The van der Waals surface area contributed by atoms with Crippen LogP contribution in [-0.4, -0.2) is 21.3 Å². The molecule has 2 aromatic heterocycles. The maximum absolute atomic E-state index is 12.2. The minimum atomic E-state index is -0.0312. The van der Waals surface area contributed by atoms with Crippen LogP contribution in [0, 0.1) is 13.8 Å². The van der Waals surface area contributed by atoms with E-state index >= 15 is 0 Å². The Labute approximate surface area is 148 Å². The van der Waals surface area contributed by atoms with E-state index in [1.807, 2.05) is 51.2 Å². The quantitative estimate of drug-likeness (QED) is 0.747. The van der Waals surface area contributed by atoms with Crippen LogP contribution in [0.2, 0.25) is 0 Å². The molecule has 0 spiro atoms. The summed E-state index contributed by atoms with van der Waals surface area (Å²) in [7, 11) is 0. The number of carbonyl (C=O) groups excluding carboxylic acids is 1. The van der Waals surface area contributed by atoms with Crippen molar-refractivity contribution in [2.24, 2.45) is 0 Å². The number of aryl methyl sites for hydroxylation is 2. The lowest BCUT2D eigenvalue weighted by atomic mass is 10.1. The van der Waals surface area contributed by atoms with E-state index in [9.17, 15) is 4.79 Å². The summed E-state index contributed by atoms with van der Waals surface area (Å²) in [6.45, 7) is 8.61. The van der Waals surface area contributed by atoms with Gasteiger partial charge in [0.2, 0.25) is 0 Å². The lowest BCUT2D eigenvalue weighted by molar-refractivity contribution is 0.0942. The fraction of sp³-hybridized carbons (Fsp3) is 0.300. The summed E-state index contributed by atoms with van der Waals surface area (Å²) in [5.41, 5.74) is 5.89. The molecule has 1 aromatic carbocycles. The number of hydrogen-bond donors (Lipinski definition) is 2. The van der Waals surface area contributed by atoms with Crippen molar-refractivity contribution in [1.29, 1.82) is 0 Å². The van der Waals surface area contributed by atoms with Gasteiger partial charge in [0.15, 0.2) is 0 Å². The van der Waals surface area contributed by atoms with Gasteiger partial charge in [0, 0.05) is 23.5 Å². The molecular weight excluding hydrogens is 312 g/mol. The van der Waals surface area contributed by atoms with Gasteiger partial charge >= 0.3 is 0 Å². The maximum Gasteiger partial charge on any atom is 0.251 e. The number of pyridine rings is 1. The fourth-order valence-corrected chi connectivity index (χ4v) is 2.83. The van der Waals surface area contributed by atoms with E-state index < -0.39 is 0 Å². The number of aromatic nitrogens is 2. The number of nitrogens with zero attached hydrogens (tertiary/aromatic N) is 2. The molecule has 0 atom stereocenters. The maximum atomic E-state index is 12.2. The van der Waals surface area contributed by atoms with Crippen LogP contribution in [0.5, 0.6) is 0 Å². The Kier molecular flexibility index (Phi) is 4.74. The molecule has 2 heterocycles. The van der Waals surface area contributed by atoms with Gasteiger partial charge in [0.05, 0.1) is 18.4 Å². The highest BCUT2D eigenvalue weighted by Gasteiger charge is 2.10. The van der Waals surface area contributed by atoms with Crippen molar-refractivity contribution in [1.82, 2.24) is 14.7 Å². The van der Waals surface area contributed by atoms with Gasteiger partial charge in [0.1, 0.15) is 5.65 Å². The summed E-state index contributed by atoms with van der Waals surface area (Å²) in [5, 5.41) is 6.34. The minimum Gasteiger partial charge on any atom is -0.379 e. The zero-order chi connectivity index (χ0) is 18.0. The molecule has 3 aromatic rings. The molecule has 0 aliphatic carbocycles. The van der Waals surface area contributed by atoms with Crippen LogP contribution in [0.15, 0.2) is 42.7 Å². The minimum absolute atomic E-state index is 0.0312. The summed E-state index contributed by atoms with van der Waals surface area (Å²) in [4.78, 5) is 16.6. The van der Waals surface area contributed by atoms with E-state index in [4.69, 9.17) is 0 Å². The van der Waals surface area contributed by atoms with Crippen molar-refractivity contribution in [3.05, 3.63) is 65.1 Å². The van der Waals surface area contributed by atoms with Crippen molar-refractivity contribution in [3.63, 3.8) is 0 Å². The van der Waals surface area contributed by atoms with Crippen molar-refractivity contribution < 1.29 is 4.79 Å². The first kappa shape index (κ1) is 17.0. The Morgan fingerprint density at radius 1 is 1.20 bits per heavy atom. The molecule has 3 rings (SSSR count). The van der Waals surface area contributed by atoms with Crippen molar-refractivity contribution in [2.45, 2.75) is 40.3 Å². The number of imidazole rings is 1. The number of carbonyl (C=O) groups is 1. The number of hydrogen-bond acceptors (Lipinski definition) is 3. The molecule has 0 aliphatic heterocycles. The predicted octanol–water partition coefficient (Wildman–Crippen LogP) is 3.70. The van der Waals surface area contributed by atoms with E-state index in [-0.39, 0.29) is 11.9 Å². The van der Waals surface area contributed by atoms with Crippen LogP contribution in [0.1, 0.15) is 41.0 Å². The standard InChI is InChI=1S/C20H24N4O/c1-13(2)23-20(25)18-7-6-16(9-15(18)4)21-10-17-11-22-19-8-5-14(3)12-24(17)19/h5-9,11-13,21H,10H2,1-4H3,(H,23,25). The van der Waals surface area contributed by atoms with Gasteiger partial charge < -0.3 is 15.0 Å². The van der Waals surface area contributed by atoms with E-state index in [1.54, 1.807) is 0 Å². The number of amides is 1.